The third-order valence-corrected chi connectivity index (χ3v) is 6.66. The summed E-state index contributed by atoms with van der Waals surface area (Å²) >= 11 is 0. The van der Waals surface area contributed by atoms with E-state index in [0.29, 0.717) is 11.6 Å². The second-order valence-electron chi connectivity index (χ2n) is 10.1. The highest BCUT2D eigenvalue weighted by atomic mass is 16.1. The first-order chi connectivity index (χ1) is 15.3. The van der Waals surface area contributed by atoms with Crippen LogP contribution in [0.1, 0.15) is 62.5 Å². The second-order valence-corrected chi connectivity index (χ2v) is 10.1. The summed E-state index contributed by atoms with van der Waals surface area (Å²) < 4.78 is 0. The lowest BCUT2D eigenvalue weighted by molar-refractivity contribution is -0.120. The van der Waals surface area contributed by atoms with Crippen LogP contribution in [0.5, 0.6) is 0 Å². The van der Waals surface area contributed by atoms with Gasteiger partial charge < -0.3 is 9.80 Å². The van der Waals surface area contributed by atoms with E-state index in [9.17, 15) is 9.59 Å². The first kappa shape index (κ1) is 24.6. The molecule has 32 heavy (non-hydrogen) atoms. The maximum atomic E-state index is 13.0. The molecule has 2 aliphatic rings. The smallest absolute Gasteiger partial charge is 0.163 e. The van der Waals surface area contributed by atoms with Gasteiger partial charge in [-0.2, -0.15) is 0 Å². The fraction of sp³-hybridized carbons (Fsp3) is 0.571. The highest BCUT2D eigenvalue weighted by Gasteiger charge is 2.26. The van der Waals surface area contributed by atoms with E-state index >= 15 is 0 Å². The molecule has 2 saturated carbocycles. The Labute approximate surface area is 194 Å². The van der Waals surface area contributed by atoms with Crippen molar-refractivity contribution in [3.05, 3.63) is 46.5 Å². The van der Waals surface area contributed by atoms with Gasteiger partial charge in [0.1, 0.15) is 0 Å². The van der Waals surface area contributed by atoms with Crippen molar-refractivity contribution in [2.24, 2.45) is 11.8 Å². The van der Waals surface area contributed by atoms with Crippen molar-refractivity contribution in [1.29, 1.82) is 0 Å². The number of ketones is 2. The van der Waals surface area contributed by atoms with Gasteiger partial charge in [0, 0.05) is 24.9 Å². The molecule has 0 heterocycles. The van der Waals surface area contributed by atoms with E-state index in [4.69, 9.17) is 0 Å². The fourth-order valence-corrected chi connectivity index (χ4v) is 5.05. The molecular formula is C28H40N2O2. The normalized spacial score (nSPS) is 25.6. The number of carbonyl (C=O) groups excluding carboxylic acids is 2. The molecule has 4 nitrogen and oxygen atoms in total. The largest absolute Gasteiger partial charge is 0.309 e. The lowest BCUT2D eigenvalue weighted by Crippen LogP contribution is -2.27. The van der Waals surface area contributed by atoms with Crippen molar-refractivity contribution in [2.45, 2.75) is 51.4 Å². The summed E-state index contributed by atoms with van der Waals surface area (Å²) in [4.78, 5) is 30.3. The molecule has 2 aliphatic carbocycles. The summed E-state index contributed by atoms with van der Waals surface area (Å²) in [6.07, 6.45) is 12.3. The standard InChI is InChI=1S/C28H40N2O2/c1-29(2)19-25-11-7-5-9-23(27(25)31)17-21-13-15-22(16-14-21)18-24-10-6-8-12-26(28(24)32)20-30(3)4/h13-18,25-26H,5-12,19-20H2,1-4H3/b23-17+,24-18+. The summed E-state index contributed by atoms with van der Waals surface area (Å²) in [5.41, 5.74) is 4.06. The molecule has 0 saturated heterocycles. The van der Waals surface area contributed by atoms with Gasteiger partial charge in [0.05, 0.1) is 0 Å². The van der Waals surface area contributed by atoms with Crippen LogP contribution in [0.4, 0.5) is 0 Å². The Morgan fingerprint density at radius 3 is 1.41 bits per heavy atom. The van der Waals surface area contributed by atoms with Gasteiger partial charge >= 0.3 is 0 Å². The quantitative estimate of drug-likeness (QED) is 0.460. The lowest BCUT2D eigenvalue weighted by Gasteiger charge is -2.18. The highest BCUT2D eigenvalue weighted by Crippen LogP contribution is 2.28. The number of Topliss-reactive ketones (excluding diaryl/α,β-unsaturated/α-hetero) is 2. The zero-order chi connectivity index (χ0) is 23.1. The van der Waals surface area contributed by atoms with E-state index in [1.54, 1.807) is 0 Å². The predicted octanol–water partition coefficient (Wildman–Crippen LogP) is 5.10. The molecule has 0 spiro atoms. The average Bonchev–Trinajstić information content (AvgIpc) is 3.01. The molecular weight excluding hydrogens is 396 g/mol. The van der Waals surface area contributed by atoms with Crippen molar-refractivity contribution >= 4 is 23.7 Å². The molecule has 2 fully saturated rings. The fourth-order valence-electron chi connectivity index (χ4n) is 5.05. The lowest BCUT2D eigenvalue weighted by atomic mass is 9.93. The van der Waals surface area contributed by atoms with Crippen LogP contribution < -0.4 is 0 Å². The predicted molar refractivity (Wildman–Crippen MR) is 133 cm³/mol. The number of carbonyl (C=O) groups is 2. The van der Waals surface area contributed by atoms with Crippen molar-refractivity contribution in [1.82, 2.24) is 9.80 Å². The number of rotatable bonds is 6. The minimum Gasteiger partial charge on any atom is -0.309 e. The Morgan fingerprint density at radius 1 is 0.688 bits per heavy atom. The summed E-state index contributed by atoms with van der Waals surface area (Å²) in [6.45, 7) is 1.65. The van der Waals surface area contributed by atoms with Gasteiger partial charge in [0.2, 0.25) is 0 Å². The van der Waals surface area contributed by atoms with Crippen LogP contribution in [0, 0.1) is 11.8 Å². The molecule has 3 rings (SSSR count). The van der Waals surface area contributed by atoms with E-state index < -0.39 is 0 Å². The number of hydrogen-bond acceptors (Lipinski definition) is 4. The Balaban J connectivity index is 1.75. The monoisotopic (exact) mass is 436 g/mol. The molecule has 4 heteroatoms. The molecule has 2 unspecified atom stereocenters. The second kappa shape index (κ2) is 11.7. The van der Waals surface area contributed by atoms with Crippen LogP contribution in [0.15, 0.2) is 35.4 Å². The Hall–Kier alpha value is -2.04. The van der Waals surface area contributed by atoms with Gasteiger partial charge in [0.25, 0.3) is 0 Å². The summed E-state index contributed by atoms with van der Waals surface area (Å²) in [6, 6.07) is 8.32. The first-order valence-corrected chi connectivity index (χ1v) is 12.2. The third kappa shape index (κ3) is 6.98. The highest BCUT2D eigenvalue weighted by molar-refractivity contribution is 6.02. The van der Waals surface area contributed by atoms with E-state index in [0.717, 1.165) is 86.7 Å². The van der Waals surface area contributed by atoms with Crippen molar-refractivity contribution in [2.75, 3.05) is 41.3 Å². The minimum atomic E-state index is 0.110. The van der Waals surface area contributed by atoms with Crippen LogP contribution in [0.25, 0.3) is 12.2 Å². The van der Waals surface area contributed by atoms with Gasteiger partial charge in [-0.1, -0.05) is 37.1 Å². The van der Waals surface area contributed by atoms with E-state index in [-0.39, 0.29) is 11.8 Å². The van der Waals surface area contributed by atoms with Crippen molar-refractivity contribution in [3.8, 4) is 0 Å². The number of allylic oxidation sites excluding steroid dienone is 2. The third-order valence-electron chi connectivity index (χ3n) is 6.66. The van der Waals surface area contributed by atoms with Gasteiger partial charge in [-0.25, -0.2) is 0 Å². The molecule has 0 N–H and O–H groups in total. The molecule has 174 valence electrons. The molecule has 2 atom stereocenters. The maximum Gasteiger partial charge on any atom is 0.163 e. The van der Waals surface area contributed by atoms with Crippen molar-refractivity contribution in [3.63, 3.8) is 0 Å². The maximum absolute atomic E-state index is 13.0. The molecule has 0 aromatic heterocycles. The van der Waals surface area contributed by atoms with Gasteiger partial charge in [0.15, 0.2) is 11.6 Å². The zero-order valence-corrected chi connectivity index (χ0v) is 20.4. The SMILES string of the molecule is CN(C)CC1CCCC/C(=C\c2ccc(/C=C3\CCCCC(CN(C)C)C3=O)cc2)C1=O. The van der Waals surface area contributed by atoms with Crippen LogP contribution in [-0.2, 0) is 9.59 Å². The van der Waals surface area contributed by atoms with Crippen LogP contribution in [-0.4, -0.2) is 62.6 Å². The Bertz CT molecular complexity index is 778. The van der Waals surface area contributed by atoms with Crippen LogP contribution in [0.2, 0.25) is 0 Å². The molecule has 0 radical (unpaired) electrons. The van der Waals surface area contributed by atoms with Crippen LogP contribution >= 0.6 is 0 Å². The van der Waals surface area contributed by atoms with Gasteiger partial charge in [-0.05, 0) is 101 Å². The van der Waals surface area contributed by atoms with E-state index in [2.05, 4.69) is 46.2 Å². The molecule has 1 aromatic carbocycles. The summed E-state index contributed by atoms with van der Waals surface area (Å²) in [7, 11) is 8.15. The Kier molecular flexibility index (Phi) is 9.01. The summed E-state index contributed by atoms with van der Waals surface area (Å²) in [5.74, 6) is 0.856. The number of nitrogens with zero attached hydrogens (tertiary/aromatic N) is 2. The molecule has 0 aliphatic heterocycles. The molecule has 1 aromatic rings. The van der Waals surface area contributed by atoms with Crippen LogP contribution in [0.3, 0.4) is 0 Å². The summed E-state index contributed by atoms with van der Waals surface area (Å²) in [5, 5.41) is 0. The number of benzene rings is 1. The number of hydrogen-bond donors (Lipinski definition) is 0. The minimum absolute atomic E-state index is 0.110. The van der Waals surface area contributed by atoms with Gasteiger partial charge in [-0.15, -0.1) is 0 Å². The zero-order valence-electron chi connectivity index (χ0n) is 20.4. The average molecular weight is 437 g/mol. The Morgan fingerprint density at radius 2 is 1.06 bits per heavy atom. The van der Waals surface area contributed by atoms with E-state index in [1.165, 1.54) is 0 Å². The topological polar surface area (TPSA) is 40.6 Å². The molecule has 0 bridgehead atoms. The van der Waals surface area contributed by atoms with Crippen molar-refractivity contribution < 1.29 is 9.59 Å². The molecule has 0 amide bonds. The van der Waals surface area contributed by atoms with Gasteiger partial charge in [-0.3, -0.25) is 9.59 Å². The van der Waals surface area contributed by atoms with E-state index in [1.807, 2.05) is 28.2 Å². The first-order valence-electron chi connectivity index (χ1n) is 12.2.